The SMILES string of the molecule is CNC1C(C)OC(OC2c3cc(C)c(C(=O)NC(C)C(=O)O)c(O)c3-c3c(O)c4c(c(O)c3C2O)C(=O)c2c(O)cc(OC)cc2C4=O)C(O)C1OC1OCC(O)C(O)C1O. The van der Waals surface area contributed by atoms with Crippen LogP contribution in [0.3, 0.4) is 0 Å². The number of hydrogen-bond acceptors (Lipinski definition) is 19. The number of ether oxygens (including phenoxy) is 5. The quantitative estimate of drug-likeness (QED) is 0.0907. The Balaban J connectivity index is 1.39. The second-order valence-corrected chi connectivity index (χ2v) is 15.2. The van der Waals surface area contributed by atoms with Crippen LogP contribution in [0.25, 0.3) is 11.1 Å². The largest absolute Gasteiger partial charge is 0.507 e. The van der Waals surface area contributed by atoms with Gasteiger partial charge in [0.2, 0.25) is 5.78 Å². The van der Waals surface area contributed by atoms with Crippen LogP contribution in [0.4, 0.5) is 0 Å². The van der Waals surface area contributed by atoms with Gasteiger partial charge in [-0.25, -0.2) is 0 Å². The van der Waals surface area contributed by atoms with Crippen molar-refractivity contribution in [3.63, 3.8) is 0 Å². The zero-order chi connectivity index (χ0) is 44.7. The number of amides is 1. The van der Waals surface area contributed by atoms with Gasteiger partial charge in [-0.1, -0.05) is 6.07 Å². The molecule has 0 radical (unpaired) electrons. The molecule has 1 amide bonds. The molecule has 7 rings (SSSR count). The lowest BCUT2D eigenvalue weighted by Gasteiger charge is -2.47. The third-order valence-corrected chi connectivity index (χ3v) is 11.5. The number of aromatic hydroxyl groups is 4. The minimum absolute atomic E-state index is 0.0286. The van der Waals surface area contributed by atoms with Gasteiger partial charge in [0.05, 0.1) is 48.1 Å². The van der Waals surface area contributed by atoms with Crippen LogP contribution >= 0.6 is 0 Å². The molecule has 2 aliphatic heterocycles. The standard InChI is InChI=1S/C40H44N2O19/c1-10-6-15-20(28(47)18(10)37(54)42-11(2)38(55)56)21-22(31(50)24-23(30(21)49)26(45)14-7-13(57-5)8-16(43)19(14)29(24)48)32(51)35(15)60-40-34(53)36(25(41-4)12(3)59-40)61-39-33(52)27(46)17(44)9-58-39/h6-8,11-12,17,25,27,32-36,39-41,43-44,46-47,49-53H,9H2,1-5H3,(H,42,54)(H,55,56). The summed E-state index contributed by atoms with van der Waals surface area (Å²) in [6.45, 7) is 3.62. The summed E-state index contributed by atoms with van der Waals surface area (Å²) in [5, 5.41) is 116. The molecule has 3 aromatic carbocycles. The number of aliphatic hydroxyl groups is 5. The monoisotopic (exact) mass is 856 g/mol. The summed E-state index contributed by atoms with van der Waals surface area (Å²) in [7, 11) is 2.74. The maximum atomic E-state index is 14.1. The molecular weight excluding hydrogens is 812 g/mol. The minimum Gasteiger partial charge on any atom is -0.507 e. The molecule has 0 spiro atoms. The van der Waals surface area contributed by atoms with E-state index < -0.39 is 171 Å². The number of benzene rings is 3. The molecule has 2 heterocycles. The van der Waals surface area contributed by atoms with Gasteiger partial charge in [-0.15, -0.1) is 0 Å². The number of rotatable bonds is 9. The number of phenols is 4. The first-order chi connectivity index (χ1) is 28.7. The Morgan fingerprint density at radius 2 is 1.51 bits per heavy atom. The van der Waals surface area contributed by atoms with Crippen LogP contribution in [0.5, 0.6) is 28.7 Å². The molecule has 61 heavy (non-hydrogen) atoms. The summed E-state index contributed by atoms with van der Waals surface area (Å²) >= 11 is 0. The predicted molar refractivity (Wildman–Crippen MR) is 202 cm³/mol. The number of phenolic OH excluding ortho intramolecular Hbond substituents is 4. The molecule has 2 fully saturated rings. The summed E-state index contributed by atoms with van der Waals surface area (Å²) in [5.41, 5.74) is -5.28. The van der Waals surface area contributed by atoms with Crippen LogP contribution in [0, 0.1) is 6.92 Å². The second kappa shape index (κ2) is 16.1. The predicted octanol–water partition coefficient (Wildman–Crippen LogP) is -0.906. The van der Waals surface area contributed by atoms with E-state index in [9.17, 15) is 70.2 Å². The molecule has 4 aliphatic rings. The van der Waals surface area contributed by atoms with Gasteiger partial charge in [-0.05, 0) is 45.0 Å². The molecule has 2 aliphatic carbocycles. The number of methoxy groups -OCH3 is 1. The maximum Gasteiger partial charge on any atom is 0.325 e. The van der Waals surface area contributed by atoms with Crippen LogP contribution in [-0.4, -0.2) is 157 Å². The highest BCUT2D eigenvalue weighted by molar-refractivity contribution is 6.32. The number of hydrogen-bond donors (Lipinski definition) is 12. The zero-order valence-electron chi connectivity index (χ0n) is 33.0. The topological polar surface area (TPSA) is 341 Å². The Morgan fingerprint density at radius 1 is 0.836 bits per heavy atom. The minimum atomic E-state index is -2.15. The van der Waals surface area contributed by atoms with E-state index in [0.717, 1.165) is 19.1 Å². The van der Waals surface area contributed by atoms with Crippen LogP contribution < -0.4 is 15.4 Å². The third kappa shape index (κ3) is 6.92. The van der Waals surface area contributed by atoms with E-state index in [1.807, 2.05) is 0 Å². The number of aliphatic carboxylic acids is 1. The van der Waals surface area contributed by atoms with E-state index in [4.69, 9.17) is 23.7 Å². The van der Waals surface area contributed by atoms with Crippen molar-refractivity contribution in [3.05, 3.63) is 62.7 Å². The zero-order valence-corrected chi connectivity index (χ0v) is 33.0. The molecule has 0 bridgehead atoms. The molecule has 12 unspecified atom stereocenters. The molecule has 0 aromatic heterocycles. The van der Waals surface area contributed by atoms with E-state index in [0.29, 0.717) is 0 Å². The van der Waals surface area contributed by atoms with E-state index in [-0.39, 0.29) is 16.9 Å². The lowest BCUT2D eigenvalue weighted by atomic mass is 9.73. The molecule has 0 saturated carbocycles. The van der Waals surface area contributed by atoms with Gasteiger partial charge >= 0.3 is 5.97 Å². The van der Waals surface area contributed by atoms with Gasteiger partial charge in [-0.2, -0.15) is 0 Å². The first-order valence-electron chi connectivity index (χ1n) is 18.9. The van der Waals surface area contributed by atoms with Crippen molar-refractivity contribution < 1.29 is 93.9 Å². The van der Waals surface area contributed by atoms with Gasteiger partial charge in [0.15, 0.2) is 18.4 Å². The average Bonchev–Trinajstić information content (AvgIpc) is 3.20. The van der Waals surface area contributed by atoms with E-state index >= 15 is 0 Å². The third-order valence-electron chi connectivity index (χ3n) is 11.5. The average molecular weight is 857 g/mol. The molecule has 12 atom stereocenters. The van der Waals surface area contributed by atoms with Crippen molar-refractivity contribution in [2.24, 2.45) is 0 Å². The van der Waals surface area contributed by atoms with Crippen molar-refractivity contribution in [2.75, 3.05) is 20.8 Å². The number of carbonyl (C=O) groups excluding carboxylic acids is 3. The Hall–Kier alpha value is -5.46. The Labute approximate surface area is 345 Å². The summed E-state index contributed by atoms with van der Waals surface area (Å²) in [4.78, 5) is 53.4. The highest BCUT2D eigenvalue weighted by Crippen LogP contribution is 2.60. The smallest absolute Gasteiger partial charge is 0.325 e. The van der Waals surface area contributed by atoms with Crippen molar-refractivity contribution in [1.29, 1.82) is 0 Å². The van der Waals surface area contributed by atoms with Crippen molar-refractivity contribution >= 4 is 23.4 Å². The van der Waals surface area contributed by atoms with Crippen LogP contribution in [0.2, 0.25) is 0 Å². The maximum absolute atomic E-state index is 14.1. The molecule has 12 N–H and O–H groups in total. The fourth-order valence-corrected chi connectivity index (χ4v) is 8.41. The van der Waals surface area contributed by atoms with Crippen molar-refractivity contribution in [3.8, 4) is 39.9 Å². The number of carboxylic acids is 1. The highest BCUT2D eigenvalue weighted by Gasteiger charge is 2.52. The number of carboxylic acid groups (broad SMARTS) is 1. The summed E-state index contributed by atoms with van der Waals surface area (Å²) in [5.74, 6) is -8.64. The second-order valence-electron chi connectivity index (χ2n) is 15.2. The normalized spacial score (nSPS) is 29.8. The van der Waals surface area contributed by atoms with E-state index in [2.05, 4.69) is 10.6 Å². The van der Waals surface area contributed by atoms with Crippen molar-refractivity contribution in [1.82, 2.24) is 10.6 Å². The molecule has 21 heteroatoms. The Morgan fingerprint density at radius 3 is 2.15 bits per heavy atom. The lowest BCUT2D eigenvalue weighted by Crippen LogP contribution is -2.65. The van der Waals surface area contributed by atoms with E-state index in [1.54, 1.807) is 6.92 Å². The summed E-state index contributed by atoms with van der Waals surface area (Å²) in [6, 6.07) is 1.07. The molecule has 21 nitrogen and oxygen atoms in total. The molecule has 2 saturated heterocycles. The van der Waals surface area contributed by atoms with Gasteiger partial charge in [-0.3, -0.25) is 19.2 Å². The number of aryl methyl sites for hydroxylation is 1. The number of nitrogens with one attached hydrogen (secondary N) is 2. The first-order valence-corrected chi connectivity index (χ1v) is 18.9. The van der Waals surface area contributed by atoms with Crippen LogP contribution in [0.1, 0.15) is 84.9 Å². The van der Waals surface area contributed by atoms with Crippen LogP contribution in [-0.2, 0) is 23.7 Å². The Bertz CT molecular complexity index is 2330. The first kappa shape index (κ1) is 43.6. The van der Waals surface area contributed by atoms with Gasteiger partial charge in [0.25, 0.3) is 5.91 Å². The number of fused-ring (bicyclic) bond motifs is 5. The fraction of sp³-hybridized carbons (Fsp3) is 0.450. The number of carbonyl (C=O) groups is 4. The molecular formula is C40H44N2O19. The van der Waals surface area contributed by atoms with Crippen LogP contribution in [0.15, 0.2) is 18.2 Å². The fourth-order valence-electron chi connectivity index (χ4n) is 8.41. The van der Waals surface area contributed by atoms with Gasteiger partial charge < -0.3 is 85.4 Å². The number of ketones is 2. The number of aliphatic hydroxyl groups excluding tert-OH is 5. The number of likely N-dealkylation sites (N-methyl/N-ethyl adjacent to an activating group) is 1. The summed E-state index contributed by atoms with van der Waals surface area (Å²) < 4.78 is 28.8. The highest BCUT2D eigenvalue weighted by atomic mass is 16.7. The molecule has 3 aromatic rings. The Kier molecular flexibility index (Phi) is 11.5. The summed E-state index contributed by atoms with van der Waals surface area (Å²) in [6.07, 6.45) is -16.3. The van der Waals surface area contributed by atoms with Crippen molar-refractivity contribution in [2.45, 2.75) is 94.3 Å². The van der Waals surface area contributed by atoms with Gasteiger partial charge in [0, 0.05) is 28.3 Å². The molecule has 328 valence electrons. The van der Waals surface area contributed by atoms with E-state index in [1.165, 1.54) is 27.1 Å². The van der Waals surface area contributed by atoms with Gasteiger partial charge in [0.1, 0.15) is 77.5 Å². The lowest BCUT2D eigenvalue weighted by molar-refractivity contribution is -0.339.